The molecule has 0 bridgehead atoms. The number of hydrogen-bond donors (Lipinski definition) is 0. The normalized spacial score (nSPS) is 17.7. The van der Waals surface area contributed by atoms with Crippen molar-refractivity contribution in [3.63, 3.8) is 0 Å². The van der Waals surface area contributed by atoms with E-state index in [2.05, 4.69) is 20.8 Å². The van der Waals surface area contributed by atoms with Gasteiger partial charge in [0.1, 0.15) is 23.7 Å². The van der Waals surface area contributed by atoms with E-state index >= 15 is 0 Å². The lowest BCUT2D eigenvalue weighted by atomic mass is 9.87. The van der Waals surface area contributed by atoms with Crippen molar-refractivity contribution in [3.05, 3.63) is 50.5 Å². The number of rotatable bonds is 8. The van der Waals surface area contributed by atoms with Crippen LogP contribution in [0.2, 0.25) is 5.02 Å². The molecule has 1 fully saturated rings. The maximum Gasteiger partial charge on any atom is 0.344 e. The van der Waals surface area contributed by atoms with Crippen LogP contribution in [0.15, 0.2) is 28.7 Å². The van der Waals surface area contributed by atoms with E-state index in [4.69, 9.17) is 30.5 Å². The van der Waals surface area contributed by atoms with Gasteiger partial charge >= 0.3 is 11.9 Å². The highest BCUT2D eigenvalue weighted by Crippen LogP contribution is 2.48. The van der Waals surface area contributed by atoms with E-state index < -0.39 is 11.9 Å². The van der Waals surface area contributed by atoms with Crippen molar-refractivity contribution in [1.29, 1.82) is 0 Å². The fourth-order valence-corrected chi connectivity index (χ4v) is 5.19. The molecule has 2 aromatic rings. The topological polar surface area (TPSA) is 91.4 Å². The first-order chi connectivity index (χ1) is 16.6. The van der Waals surface area contributed by atoms with Gasteiger partial charge in [-0.1, -0.05) is 11.6 Å². The number of esters is 2. The Kier molecular flexibility index (Phi) is 8.79. The zero-order chi connectivity index (χ0) is 25.9. The van der Waals surface area contributed by atoms with Gasteiger partial charge in [-0.3, -0.25) is 14.5 Å². The first kappa shape index (κ1) is 27.0. The number of likely N-dealkylation sites (tertiary alicyclic amines) is 1. The molecule has 0 aromatic heterocycles. The number of Topliss-reactive ketones (excluding diaryl/α,β-unsaturated/α-hetero) is 1. The van der Waals surface area contributed by atoms with Gasteiger partial charge < -0.3 is 18.9 Å². The van der Waals surface area contributed by atoms with Gasteiger partial charge in [0.25, 0.3) is 0 Å². The number of methoxy groups -OCH3 is 2. The maximum absolute atomic E-state index is 13.3. The molecular weight excluding hydrogens is 542 g/mol. The van der Waals surface area contributed by atoms with Crippen LogP contribution in [0, 0.1) is 0 Å². The van der Waals surface area contributed by atoms with E-state index in [1.54, 1.807) is 18.2 Å². The lowest BCUT2D eigenvalue weighted by Crippen LogP contribution is -2.34. The standard InChI is InChI=1S/C25H27BrClNO7/c1-13(29)22-20(32-4)11-21(33-5)23(17-8-9-28(3)19(17)12-34-14(2)30)24(22)35-25(31)16-7-6-15(27)10-18(16)26/h6-7,10-11,17,19H,8-9,12H2,1-5H3/t17-,19+/m1/s1. The molecule has 10 heteroatoms. The van der Waals surface area contributed by atoms with Gasteiger partial charge in [0.2, 0.25) is 0 Å². The number of carbonyl (C=O) groups is 3. The van der Waals surface area contributed by atoms with E-state index in [-0.39, 0.29) is 47.0 Å². The summed E-state index contributed by atoms with van der Waals surface area (Å²) in [5.41, 5.74) is 0.901. The Hall–Kier alpha value is -2.62. The Morgan fingerprint density at radius 1 is 1.11 bits per heavy atom. The zero-order valence-corrected chi connectivity index (χ0v) is 22.5. The predicted octanol–water partition coefficient (Wildman–Crippen LogP) is 4.89. The Morgan fingerprint density at radius 2 is 1.80 bits per heavy atom. The number of ether oxygens (including phenoxy) is 4. The largest absolute Gasteiger partial charge is 0.496 e. The first-order valence-corrected chi connectivity index (χ1v) is 12.1. The quantitative estimate of drug-likeness (QED) is 0.253. The summed E-state index contributed by atoms with van der Waals surface area (Å²) < 4.78 is 22.8. The van der Waals surface area contributed by atoms with Crippen LogP contribution < -0.4 is 14.2 Å². The monoisotopic (exact) mass is 567 g/mol. The molecule has 188 valence electrons. The highest BCUT2D eigenvalue weighted by molar-refractivity contribution is 9.10. The molecule has 0 N–H and O–H groups in total. The third-order valence-electron chi connectivity index (χ3n) is 6.04. The van der Waals surface area contributed by atoms with Crippen molar-refractivity contribution < 1.29 is 33.3 Å². The summed E-state index contributed by atoms with van der Waals surface area (Å²) in [6.07, 6.45) is 0.664. The van der Waals surface area contributed by atoms with Gasteiger partial charge in [-0.05, 0) is 61.1 Å². The molecule has 0 spiro atoms. The second-order valence-electron chi connectivity index (χ2n) is 8.21. The first-order valence-electron chi connectivity index (χ1n) is 10.9. The molecule has 1 heterocycles. The van der Waals surface area contributed by atoms with E-state index in [0.717, 1.165) is 0 Å². The number of halogens is 2. The Balaban J connectivity index is 2.20. The van der Waals surface area contributed by atoms with E-state index in [1.807, 2.05) is 7.05 Å². The number of carbonyl (C=O) groups excluding carboxylic acids is 3. The lowest BCUT2D eigenvalue weighted by Gasteiger charge is -2.28. The second-order valence-corrected chi connectivity index (χ2v) is 9.51. The highest BCUT2D eigenvalue weighted by atomic mass is 79.9. The number of benzene rings is 2. The van der Waals surface area contributed by atoms with Gasteiger partial charge in [-0.15, -0.1) is 0 Å². The van der Waals surface area contributed by atoms with Crippen LogP contribution in [-0.2, 0) is 9.53 Å². The molecule has 1 aliphatic heterocycles. The smallest absolute Gasteiger partial charge is 0.344 e. The van der Waals surface area contributed by atoms with Crippen LogP contribution >= 0.6 is 27.5 Å². The average Bonchev–Trinajstić information content (AvgIpc) is 3.15. The average molecular weight is 569 g/mol. The van der Waals surface area contributed by atoms with Crippen LogP contribution in [0.5, 0.6) is 17.2 Å². The van der Waals surface area contributed by atoms with Gasteiger partial charge in [0, 0.05) is 34.0 Å². The minimum atomic E-state index is -0.685. The molecule has 0 unspecified atom stereocenters. The molecule has 1 saturated heterocycles. The van der Waals surface area contributed by atoms with Gasteiger partial charge in [0.15, 0.2) is 11.5 Å². The fraction of sp³-hybridized carbons (Fsp3) is 0.400. The fourth-order valence-electron chi connectivity index (χ4n) is 4.34. The third kappa shape index (κ3) is 5.79. The second kappa shape index (κ2) is 11.4. The maximum atomic E-state index is 13.3. The molecule has 0 amide bonds. The van der Waals surface area contributed by atoms with Crippen LogP contribution in [0.4, 0.5) is 0 Å². The minimum absolute atomic E-state index is 0.0636. The molecule has 2 aromatic carbocycles. The molecule has 3 rings (SSSR count). The molecule has 1 aliphatic rings. The number of likely N-dealkylation sites (N-methyl/N-ethyl adjacent to an activating group) is 1. The molecule has 0 radical (unpaired) electrons. The molecule has 0 saturated carbocycles. The highest BCUT2D eigenvalue weighted by Gasteiger charge is 2.40. The lowest BCUT2D eigenvalue weighted by molar-refractivity contribution is -0.142. The summed E-state index contributed by atoms with van der Waals surface area (Å²) in [5.74, 6) is -0.989. The Labute approximate surface area is 217 Å². The van der Waals surface area contributed by atoms with Gasteiger partial charge in [-0.2, -0.15) is 0 Å². The van der Waals surface area contributed by atoms with Crippen molar-refractivity contribution in [3.8, 4) is 17.2 Å². The molecule has 35 heavy (non-hydrogen) atoms. The summed E-state index contributed by atoms with van der Waals surface area (Å²) >= 11 is 9.36. The third-order valence-corrected chi connectivity index (χ3v) is 6.93. The van der Waals surface area contributed by atoms with Crippen molar-refractivity contribution in [2.24, 2.45) is 0 Å². The van der Waals surface area contributed by atoms with Crippen LogP contribution in [0.3, 0.4) is 0 Å². The summed E-state index contributed by atoms with van der Waals surface area (Å²) in [6, 6.07) is 6.08. The summed E-state index contributed by atoms with van der Waals surface area (Å²) in [7, 11) is 4.84. The molecular formula is C25H27BrClNO7. The molecule has 2 atom stereocenters. The zero-order valence-electron chi connectivity index (χ0n) is 20.1. The summed E-state index contributed by atoms with van der Waals surface area (Å²) in [6.45, 7) is 3.57. The van der Waals surface area contributed by atoms with Crippen LogP contribution in [0.1, 0.15) is 52.5 Å². The van der Waals surface area contributed by atoms with Crippen molar-refractivity contribution >= 4 is 45.3 Å². The Morgan fingerprint density at radius 3 is 2.37 bits per heavy atom. The van der Waals surface area contributed by atoms with Crippen molar-refractivity contribution in [2.75, 3.05) is 34.4 Å². The number of hydrogen-bond acceptors (Lipinski definition) is 8. The minimum Gasteiger partial charge on any atom is -0.496 e. The Bertz CT molecular complexity index is 1150. The SMILES string of the molecule is COc1cc(OC)c([C@@H]2CCN(C)[C@H]2COC(C)=O)c(OC(=O)c2ccc(Cl)cc2Br)c1C(C)=O. The van der Waals surface area contributed by atoms with Crippen molar-refractivity contribution in [1.82, 2.24) is 4.90 Å². The summed E-state index contributed by atoms with van der Waals surface area (Å²) in [4.78, 5) is 39.6. The molecule has 8 nitrogen and oxygen atoms in total. The summed E-state index contributed by atoms with van der Waals surface area (Å²) in [5, 5.41) is 0.448. The van der Waals surface area contributed by atoms with E-state index in [9.17, 15) is 14.4 Å². The van der Waals surface area contributed by atoms with Crippen molar-refractivity contribution in [2.45, 2.75) is 32.2 Å². The van der Waals surface area contributed by atoms with E-state index in [0.29, 0.717) is 33.8 Å². The number of nitrogens with zero attached hydrogens (tertiary/aromatic N) is 1. The van der Waals surface area contributed by atoms with Gasteiger partial charge in [0.05, 0.1) is 25.8 Å². The number of ketones is 1. The van der Waals surface area contributed by atoms with Gasteiger partial charge in [-0.25, -0.2) is 4.79 Å². The van der Waals surface area contributed by atoms with Crippen LogP contribution in [-0.4, -0.2) is 63.1 Å². The predicted molar refractivity (Wildman–Crippen MR) is 134 cm³/mol. The molecule has 0 aliphatic carbocycles. The van der Waals surface area contributed by atoms with Crippen LogP contribution in [0.25, 0.3) is 0 Å². The van der Waals surface area contributed by atoms with E-state index in [1.165, 1.54) is 34.1 Å².